The summed E-state index contributed by atoms with van der Waals surface area (Å²) >= 11 is 0. The SMILES string of the molecule is CC(=O)c1ccccc1NC(=O)CN1C(=O)C(=O)N([C@@H]2CCCC[C@H]2C)C1=O. The maximum Gasteiger partial charge on any atom is 0.334 e. The van der Waals surface area contributed by atoms with Crippen LogP contribution in [0.15, 0.2) is 24.3 Å². The zero-order valence-electron chi connectivity index (χ0n) is 15.9. The summed E-state index contributed by atoms with van der Waals surface area (Å²) in [5, 5.41) is 2.54. The Morgan fingerprint density at radius 2 is 1.75 bits per heavy atom. The van der Waals surface area contributed by atoms with Crippen molar-refractivity contribution >= 4 is 35.2 Å². The monoisotopic (exact) mass is 385 g/mol. The Labute approximate surface area is 162 Å². The first-order chi connectivity index (χ1) is 13.3. The molecule has 8 nitrogen and oxygen atoms in total. The van der Waals surface area contributed by atoms with Crippen LogP contribution in [0, 0.1) is 5.92 Å². The molecule has 2 fully saturated rings. The molecule has 148 valence electrons. The predicted octanol–water partition coefficient (Wildman–Crippen LogP) is 2.20. The molecule has 8 heteroatoms. The Balaban J connectivity index is 1.73. The molecule has 2 aliphatic rings. The Hall–Kier alpha value is -3.03. The van der Waals surface area contributed by atoms with Crippen LogP contribution in [0.1, 0.15) is 49.9 Å². The number of anilines is 1. The molecule has 0 radical (unpaired) electrons. The van der Waals surface area contributed by atoms with Crippen LogP contribution in [-0.2, 0) is 14.4 Å². The van der Waals surface area contributed by atoms with E-state index in [9.17, 15) is 24.0 Å². The van der Waals surface area contributed by atoms with Crippen LogP contribution >= 0.6 is 0 Å². The summed E-state index contributed by atoms with van der Waals surface area (Å²) in [4.78, 5) is 63.2. The first-order valence-electron chi connectivity index (χ1n) is 9.40. The minimum Gasteiger partial charge on any atom is -0.324 e. The van der Waals surface area contributed by atoms with E-state index in [2.05, 4.69) is 5.32 Å². The highest BCUT2D eigenvalue weighted by atomic mass is 16.2. The third-order valence-electron chi connectivity index (χ3n) is 5.36. The summed E-state index contributed by atoms with van der Waals surface area (Å²) < 4.78 is 0. The maximum absolute atomic E-state index is 12.7. The number of carbonyl (C=O) groups excluding carboxylic acids is 5. The topological polar surface area (TPSA) is 104 Å². The lowest BCUT2D eigenvalue weighted by atomic mass is 9.85. The highest BCUT2D eigenvalue weighted by molar-refractivity contribution is 6.45. The van der Waals surface area contributed by atoms with Gasteiger partial charge in [-0.1, -0.05) is 31.9 Å². The van der Waals surface area contributed by atoms with E-state index in [1.54, 1.807) is 24.3 Å². The number of Topliss-reactive ketones (excluding diaryl/α,β-unsaturated/α-hetero) is 1. The fourth-order valence-electron chi connectivity index (χ4n) is 3.87. The molecule has 2 atom stereocenters. The number of imide groups is 2. The lowest BCUT2D eigenvalue weighted by molar-refractivity contribution is -0.145. The van der Waals surface area contributed by atoms with Gasteiger partial charge >= 0.3 is 17.8 Å². The smallest absolute Gasteiger partial charge is 0.324 e. The van der Waals surface area contributed by atoms with E-state index >= 15 is 0 Å². The molecule has 0 aromatic heterocycles. The molecule has 0 spiro atoms. The highest BCUT2D eigenvalue weighted by Crippen LogP contribution is 2.31. The van der Waals surface area contributed by atoms with E-state index in [0.29, 0.717) is 22.6 Å². The van der Waals surface area contributed by atoms with E-state index < -0.39 is 30.3 Å². The van der Waals surface area contributed by atoms with Gasteiger partial charge < -0.3 is 5.32 Å². The molecule has 1 saturated carbocycles. The molecule has 5 amide bonds. The minimum atomic E-state index is -0.988. The fraction of sp³-hybridized carbons (Fsp3) is 0.450. The van der Waals surface area contributed by atoms with E-state index in [0.717, 1.165) is 24.2 Å². The maximum atomic E-state index is 12.7. The largest absolute Gasteiger partial charge is 0.334 e. The van der Waals surface area contributed by atoms with Crippen molar-refractivity contribution in [2.45, 2.75) is 45.6 Å². The first-order valence-corrected chi connectivity index (χ1v) is 9.40. The number of nitrogens with zero attached hydrogens (tertiary/aromatic N) is 2. The lowest BCUT2D eigenvalue weighted by Crippen LogP contribution is -2.46. The molecule has 1 aliphatic carbocycles. The predicted molar refractivity (Wildman–Crippen MR) is 100 cm³/mol. The first kappa shape index (κ1) is 19.7. The van der Waals surface area contributed by atoms with Crippen LogP contribution in [0.3, 0.4) is 0 Å². The number of benzene rings is 1. The Kier molecular flexibility index (Phi) is 5.58. The standard InChI is InChI=1S/C20H23N3O5/c1-12-7-3-6-10-16(12)23-19(27)18(26)22(20(23)28)11-17(25)21-15-9-5-4-8-14(15)13(2)24/h4-5,8-9,12,16H,3,6-7,10-11H2,1-2H3,(H,21,25)/t12-,16-/m1/s1. The Bertz CT molecular complexity index is 850. The van der Waals surface area contributed by atoms with Crippen molar-refractivity contribution in [3.63, 3.8) is 0 Å². The van der Waals surface area contributed by atoms with Gasteiger partial charge in [0.15, 0.2) is 5.78 Å². The number of amides is 5. The van der Waals surface area contributed by atoms with E-state index in [1.807, 2.05) is 6.92 Å². The summed E-state index contributed by atoms with van der Waals surface area (Å²) in [6, 6.07) is 5.39. The average molecular weight is 385 g/mol. The van der Waals surface area contributed by atoms with Crippen LogP contribution in [-0.4, -0.2) is 51.9 Å². The normalized spacial score (nSPS) is 22.6. The Morgan fingerprint density at radius 3 is 2.43 bits per heavy atom. The van der Waals surface area contributed by atoms with Crippen molar-refractivity contribution in [3.05, 3.63) is 29.8 Å². The molecule has 1 N–H and O–H groups in total. The van der Waals surface area contributed by atoms with Gasteiger partial charge in [-0.2, -0.15) is 0 Å². The molecule has 1 heterocycles. The molecule has 1 aromatic carbocycles. The summed E-state index contributed by atoms with van der Waals surface area (Å²) in [5.41, 5.74) is 0.617. The zero-order chi connectivity index (χ0) is 20.4. The molecule has 0 unspecified atom stereocenters. The summed E-state index contributed by atoms with van der Waals surface area (Å²) in [5.74, 6) is -2.62. The molecule has 1 aromatic rings. The number of ketones is 1. The zero-order valence-corrected chi connectivity index (χ0v) is 15.9. The number of rotatable bonds is 5. The second-order valence-corrected chi connectivity index (χ2v) is 7.33. The number of para-hydroxylation sites is 1. The molecule has 0 bridgehead atoms. The third-order valence-corrected chi connectivity index (χ3v) is 5.36. The quantitative estimate of drug-likeness (QED) is 0.475. The lowest BCUT2D eigenvalue weighted by Gasteiger charge is -2.34. The number of urea groups is 1. The molecule has 3 rings (SSSR count). The average Bonchev–Trinajstić information content (AvgIpc) is 2.86. The van der Waals surface area contributed by atoms with Crippen molar-refractivity contribution in [1.29, 1.82) is 0 Å². The second kappa shape index (κ2) is 7.92. The van der Waals surface area contributed by atoms with E-state index in [4.69, 9.17) is 0 Å². The van der Waals surface area contributed by atoms with Gasteiger partial charge in [0.2, 0.25) is 5.91 Å². The summed E-state index contributed by atoms with van der Waals surface area (Å²) in [7, 11) is 0. The van der Waals surface area contributed by atoms with Gasteiger partial charge in [0, 0.05) is 11.6 Å². The van der Waals surface area contributed by atoms with Crippen LogP contribution < -0.4 is 5.32 Å². The number of carbonyl (C=O) groups is 5. The van der Waals surface area contributed by atoms with Crippen LogP contribution in [0.2, 0.25) is 0 Å². The Morgan fingerprint density at radius 1 is 1.07 bits per heavy atom. The van der Waals surface area contributed by atoms with Gasteiger partial charge in [-0.15, -0.1) is 0 Å². The van der Waals surface area contributed by atoms with Crippen LogP contribution in [0.5, 0.6) is 0 Å². The van der Waals surface area contributed by atoms with E-state index in [1.165, 1.54) is 6.92 Å². The molecular weight excluding hydrogens is 362 g/mol. The number of hydrogen-bond acceptors (Lipinski definition) is 5. The molecule has 1 aliphatic heterocycles. The van der Waals surface area contributed by atoms with Crippen molar-refractivity contribution in [1.82, 2.24) is 9.80 Å². The van der Waals surface area contributed by atoms with Crippen molar-refractivity contribution in [2.24, 2.45) is 5.92 Å². The number of nitrogens with one attached hydrogen (secondary N) is 1. The summed E-state index contributed by atoms with van der Waals surface area (Å²) in [6.45, 7) is 2.76. The van der Waals surface area contributed by atoms with Crippen molar-refractivity contribution in [3.8, 4) is 0 Å². The summed E-state index contributed by atoms with van der Waals surface area (Å²) in [6.07, 6.45) is 3.47. The molecule has 1 saturated heterocycles. The molecule has 28 heavy (non-hydrogen) atoms. The van der Waals surface area contributed by atoms with E-state index in [-0.39, 0.29) is 17.7 Å². The van der Waals surface area contributed by atoms with Crippen LogP contribution in [0.25, 0.3) is 0 Å². The van der Waals surface area contributed by atoms with Gasteiger partial charge in [-0.3, -0.25) is 24.1 Å². The van der Waals surface area contributed by atoms with Crippen molar-refractivity contribution < 1.29 is 24.0 Å². The van der Waals surface area contributed by atoms with Gasteiger partial charge in [-0.05, 0) is 37.8 Å². The van der Waals surface area contributed by atoms with Gasteiger partial charge in [0.1, 0.15) is 6.54 Å². The highest BCUT2D eigenvalue weighted by Gasteiger charge is 2.49. The van der Waals surface area contributed by atoms with Gasteiger partial charge in [0.05, 0.1) is 5.69 Å². The number of hydrogen-bond donors (Lipinski definition) is 1. The molecular formula is C20H23N3O5. The third kappa shape index (κ3) is 3.67. The van der Waals surface area contributed by atoms with Gasteiger partial charge in [-0.25, -0.2) is 9.69 Å². The fourth-order valence-corrected chi connectivity index (χ4v) is 3.87. The van der Waals surface area contributed by atoms with Crippen LogP contribution in [0.4, 0.5) is 10.5 Å². The second-order valence-electron chi connectivity index (χ2n) is 7.33. The van der Waals surface area contributed by atoms with Gasteiger partial charge in [0.25, 0.3) is 0 Å². The van der Waals surface area contributed by atoms with Crippen molar-refractivity contribution in [2.75, 3.05) is 11.9 Å². The minimum absolute atomic E-state index is 0.116.